The van der Waals surface area contributed by atoms with Gasteiger partial charge in [-0.15, -0.1) is 0 Å². The summed E-state index contributed by atoms with van der Waals surface area (Å²) >= 11 is 5.96. The van der Waals surface area contributed by atoms with Gasteiger partial charge in [0.1, 0.15) is 18.0 Å². The van der Waals surface area contributed by atoms with Crippen LogP contribution in [0.25, 0.3) is 11.4 Å². The van der Waals surface area contributed by atoms with E-state index in [1.54, 1.807) is 43.2 Å². The number of rotatable bonds is 8. The molecule has 0 spiro atoms. The van der Waals surface area contributed by atoms with E-state index in [0.29, 0.717) is 29.0 Å². The number of ether oxygens (including phenoxy) is 2. The molecule has 0 bridgehead atoms. The van der Waals surface area contributed by atoms with Crippen molar-refractivity contribution in [3.8, 4) is 22.9 Å². The van der Waals surface area contributed by atoms with E-state index >= 15 is 0 Å². The highest BCUT2D eigenvalue weighted by Crippen LogP contribution is 2.21. The minimum absolute atomic E-state index is 0.184. The van der Waals surface area contributed by atoms with E-state index in [-0.39, 0.29) is 12.5 Å². The average Bonchev–Trinajstić information content (AvgIpc) is 3.20. The number of hydrogen-bond donors (Lipinski definition) is 0. The van der Waals surface area contributed by atoms with E-state index in [1.807, 2.05) is 31.2 Å². The molecule has 0 saturated carbocycles. The van der Waals surface area contributed by atoms with Gasteiger partial charge in [-0.25, -0.2) is 0 Å². The molecular weight excluding hydrogens is 394 g/mol. The summed E-state index contributed by atoms with van der Waals surface area (Å²) in [5, 5.41) is 4.55. The largest absolute Gasteiger partial charge is 0.497 e. The highest BCUT2D eigenvalue weighted by molar-refractivity contribution is 6.30. The first kappa shape index (κ1) is 20.7. The van der Waals surface area contributed by atoms with E-state index in [4.69, 9.17) is 25.6 Å². The maximum absolute atomic E-state index is 12.8. The van der Waals surface area contributed by atoms with E-state index in [0.717, 1.165) is 11.3 Å². The second-order valence-electron chi connectivity index (χ2n) is 6.31. The van der Waals surface area contributed by atoms with E-state index in [1.165, 1.54) is 0 Å². The van der Waals surface area contributed by atoms with Crippen molar-refractivity contribution in [1.82, 2.24) is 15.0 Å². The van der Waals surface area contributed by atoms with Crippen molar-refractivity contribution >= 4 is 17.5 Å². The Kier molecular flexibility index (Phi) is 6.72. The number of amides is 1. The van der Waals surface area contributed by atoms with Gasteiger partial charge < -0.3 is 18.9 Å². The van der Waals surface area contributed by atoms with Gasteiger partial charge in [0.05, 0.1) is 7.11 Å². The lowest BCUT2D eigenvalue weighted by Gasteiger charge is -2.23. The Morgan fingerprint density at radius 1 is 1.21 bits per heavy atom. The summed E-state index contributed by atoms with van der Waals surface area (Å²) in [6.07, 6.45) is -0.683. The molecule has 1 aromatic heterocycles. The van der Waals surface area contributed by atoms with Gasteiger partial charge in [-0.05, 0) is 56.3 Å². The average molecular weight is 416 g/mol. The second-order valence-corrected chi connectivity index (χ2v) is 6.75. The third-order valence-electron chi connectivity index (χ3n) is 4.29. The fraction of sp³-hybridized carbons (Fsp3) is 0.286. The molecule has 0 unspecified atom stereocenters. The lowest BCUT2D eigenvalue weighted by atomic mass is 10.2. The van der Waals surface area contributed by atoms with Crippen LogP contribution in [0.4, 0.5) is 0 Å². The van der Waals surface area contributed by atoms with E-state index in [9.17, 15) is 4.79 Å². The maximum Gasteiger partial charge on any atom is 0.263 e. The molecule has 152 valence electrons. The van der Waals surface area contributed by atoms with Crippen LogP contribution < -0.4 is 9.47 Å². The number of methoxy groups -OCH3 is 1. The lowest BCUT2D eigenvalue weighted by Crippen LogP contribution is -2.40. The minimum Gasteiger partial charge on any atom is -0.497 e. The number of likely N-dealkylation sites (N-methyl/N-ethyl adjacent to an activating group) is 1. The highest BCUT2D eigenvalue weighted by Gasteiger charge is 2.23. The van der Waals surface area contributed by atoms with Crippen molar-refractivity contribution < 1.29 is 18.8 Å². The fourth-order valence-corrected chi connectivity index (χ4v) is 2.92. The standard InChI is InChI=1S/C21H22ClN3O4/c1-4-25(21(26)14(2)28-18-7-5-6-16(22)12-18)13-19-23-20(24-29-19)15-8-10-17(27-3)11-9-15/h5-12,14H,4,13H2,1-3H3/t14-/m1/s1. The molecule has 0 N–H and O–H groups in total. The van der Waals surface area contributed by atoms with Gasteiger partial charge in [0.25, 0.3) is 5.91 Å². The van der Waals surface area contributed by atoms with Gasteiger partial charge in [-0.1, -0.05) is 22.8 Å². The zero-order valence-electron chi connectivity index (χ0n) is 16.5. The molecule has 0 aliphatic heterocycles. The van der Waals surface area contributed by atoms with Crippen molar-refractivity contribution in [3.63, 3.8) is 0 Å². The van der Waals surface area contributed by atoms with Crippen LogP contribution in [0, 0.1) is 0 Å². The molecule has 0 fully saturated rings. The first-order valence-electron chi connectivity index (χ1n) is 9.18. The summed E-state index contributed by atoms with van der Waals surface area (Å²) in [5.41, 5.74) is 0.799. The molecule has 1 heterocycles. The number of hydrogen-bond acceptors (Lipinski definition) is 6. The SMILES string of the molecule is CCN(Cc1nc(-c2ccc(OC)cc2)no1)C(=O)[C@@H](C)Oc1cccc(Cl)c1. The predicted octanol–water partition coefficient (Wildman–Crippen LogP) is 4.21. The van der Waals surface area contributed by atoms with Crippen LogP contribution in [0.3, 0.4) is 0 Å². The van der Waals surface area contributed by atoms with Crippen LogP contribution in [0.2, 0.25) is 5.02 Å². The number of carbonyl (C=O) groups excluding carboxylic acids is 1. The minimum atomic E-state index is -0.683. The first-order chi connectivity index (χ1) is 14.0. The normalized spacial score (nSPS) is 11.7. The molecule has 2 aromatic carbocycles. The Labute approximate surface area is 174 Å². The number of carbonyl (C=O) groups is 1. The summed E-state index contributed by atoms with van der Waals surface area (Å²) in [4.78, 5) is 18.8. The Balaban J connectivity index is 1.65. The third-order valence-corrected chi connectivity index (χ3v) is 4.53. The Morgan fingerprint density at radius 3 is 2.62 bits per heavy atom. The molecule has 1 atom stereocenters. The van der Waals surface area contributed by atoms with Crippen LogP contribution in [-0.4, -0.2) is 40.7 Å². The molecule has 0 aliphatic carbocycles. The molecule has 29 heavy (non-hydrogen) atoms. The van der Waals surface area contributed by atoms with Gasteiger partial charge >= 0.3 is 0 Å². The van der Waals surface area contributed by atoms with E-state index < -0.39 is 6.10 Å². The predicted molar refractivity (Wildman–Crippen MR) is 109 cm³/mol. The lowest BCUT2D eigenvalue weighted by molar-refractivity contribution is -0.138. The summed E-state index contributed by atoms with van der Waals surface area (Å²) in [7, 11) is 1.61. The van der Waals surface area contributed by atoms with Crippen LogP contribution in [0.1, 0.15) is 19.7 Å². The first-order valence-corrected chi connectivity index (χ1v) is 9.56. The van der Waals surface area contributed by atoms with Crippen LogP contribution in [0.15, 0.2) is 53.1 Å². The van der Waals surface area contributed by atoms with Crippen molar-refractivity contribution in [2.75, 3.05) is 13.7 Å². The molecule has 0 aliphatic rings. The Bertz CT molecular complexity index is 959. The monoisotopic (exact) mass is 415 g/mol. The topological polar surface area (TPSA) is 77.7 Å². The van der Waals surface area contributed by atoms with Gasteiger partial charge in [0.2, 0.25) is 11.7 Å². The van der Waals surface area contributed by atoms with Crippen molar-refractivity contribution in [2.45, 2.75) is 26.5 Å². The highest BCUT2D eigenvalue weighted by atomic mass is 35.5. The summed E-state index contributed by atoms with van der Waals surface area (Å²) in [6.45, 7) is 4.25. The van der Waals surface area contributed by atoms with Gasteiger partial charge in [0.15, 0.2) is 6.10 Å². The fourth-order valence-electron chi connectivity index (χ4n) is 2.74. The summed E-state index contributed by atoms with van der Waals surface area (Å²) < 4.78 is 16.2. The zero-order chi connectivity index (χ0) is 20.8. The summed E-state index contributed by atoms with van der Waals surface area (Å²) in [6, 6.07) is 14.3. The van der Waals surface area contributed by atoms with E-state index in [2.05, 4.69) is 10.1 Å². The third kappa shape index (κ3) is 5.26. The maximum atomic E-state index is 12.8. The smallest absolute Gasteiger partial charge is 0.263 e. The Morgan fingerprint density at radius 2 is 1.97 bits per heavy atom. The van der Waals surface area contributed by atoms with Crippen LogP contribution >= 0.6 is 11.6 Å². The van der Waals surface area contributed by atoms with Crippen LogP contribution in [0.5, 0.6) is 11.5 Å². The van der Waals surface area contributed by atoms with Crippen molar-refractivity contribution in [3.05, 3.63) is 59.4 Å². The van der Waals surface area contributed by atoms with Gasteiger partial charge in [-0.2, -0.15) is 4.98 Å². The molecule has 8 heteroatoms. The van der Waals surface area contributed by atoms with Crippen molar-refractivity contribution in [1.29, 1.82) is 0 Å². The molecule has 0 radical (unpaired) electrons. The van der Waals surface area contributed by atoms with Gasteiger partial charge in [0, 0.05) is 17.1 Å². The molecule has 1 amide bonds. The molecule has 3 rings (SSSR count). The molecule has 0 saturated heterocycles. The molecular formula is C21H22ClN3O4. The number of benzene rings is 2. The summed E-state index contributed by atoms with van der Waals surface area (Å²) in [5.74, 6) is 1.90. The molecule has 3 aromatic rings. The Hall–Kier alpha value is -3.06. The number of aromatic nitrogens is 2. The molecule has 7 nitrogen and oxygen atoms in total. The van der Waals surface area contributed by atoms with Crippen molar-refractivity contribution in [2.24, 2.45) is 0 Å². The van der Waals surface area contributed by atoms with Crippen LogP contribution in [-0.2, 0) is 11.3 Å². The quantitative estimate of drug-likeness (QED) is 0.548. The number of halogens is 1. The second kappa shape index (κ2) is 9.43. The number of nitrogens with zero attached hydrogens (tertiary/aromatic N) is 3. The van der Waals surface area contributed by atoms with Gasteiger partial charge in [-0.3, -0.25) is 4.79 Å². The zero-order valence-corrected chi connectivity index (χ0v) is 17.2.